The number of nitrogens with two attached hydrogens (primary N) is 1. The van der Waals surface area contributed by atoms with Gasteiger partial charge >= 0.3 is 0 Å². The lowest BCUT2D eigenvalue weighted by Gasteiger charge is -1.99. The van der Waals surface area contributed by atoms with Gasteiger partial charge in [0.2, 0.25) is 0 Å². The van der Waals surface area contributed by atoms with Gasteiger partial charge in [-0.15, -0.1) is 12.4 Å². The average molecular weight is 236 g/mol. The van der Waals surface area contributed by atoms with E-state index < -0.39 is 4.92 Å². The molecule has 0 saturated carbocycles. The summed E-state index contributed by atoms with van der Waals surface area (Å²) in [5.74, 6) is -0.344. The fourth-order valence-corrected chi connectivity index (χ4v) is 1.05. The molecule has 1 aromatic rings. The summed E-state index contributed by atoms with van der Waals surface area (Å²) in [5, 5.41) is 17.8. The van der Waals surface area contributed by atoms with Crippen molar-refractivity contribution in [3.8, 4) is 0 Å². The average Bonchev–Trinajstić information content (AvgIpc) is 2.03. The van der Waals surface area contributed by atoms with Crippen LogP contribution < -0.4 is 5.73 Å². The molecule has 7 heteroatoms. The maximum absolute atomic E-state index is 10.5. The number of nitro groups is 1. The number of nitrogens with zero attached hydrogens (tertiary/aromatic N) is 1. The van der Waals surface area contributed by atoms with E-state index in [4.69, 9.17) is 22.7 Å². The number of benzene rings is 1. The van der Waals surface area contributed by atoms with Crippen LogP contribution in [0, 0.1) is 15.5 Å². The van der Waals surface area contributed by atoms with E-state index in [0.29, 0.717) is 0 Å². The van der Waals surface area contributed by atoms with Crippen LogP contribution >= 0.6 is 24.0 Å². The molecule has 0 radical (unpaired) electrons. The second-order valence-corrected chi connectivity index (χ2v) is 2.77. The Hall–Kier alpha value is -1.33. The highest BCUT2D eigenvalue weighted by atomic mass is 35.5. The van der Waals surface area contributed by atoms with Crippen LogP contribution in [-0.4, -0.2) is 10.8 Å². The third-order valence-electron chi connectivity index (χ3n) is 1.45. The number of nitro benzene ring substituents is 1. The summed E-state index contributed by atoms with van der Waals surface area (Å²) in [5.41, 5.74) is 4.97. The predicted octanol–water partition coefficient (Wildman–Crippen LogP) is 1.95. The van der Waals surface area contributed by atoms with Crippen molar-refractivity contribution in [3.05, 3.63) is 38.9 Å². The molecule has 0 heterocycles. The summed E-state index contributed by atoms with van der Waals surface area (Å²) in [7, 11) is 0. The van der Waals surface area contributed by atoms with Crippen molar-refractivity contribution in [1.82, 2.24) is 0 Å². The van der Waals surface area contributed by atoms with Gasteiger partial charge in [-0.3, -0.25) is 15.5 Å². The lowest BCUT2D eigenvalue weighted by molar-refractivity contribution is -0.385. The summed E-state index contributed by atoms with van der Waals surface area (Å²) < 4.78 is 0. The zero-order valence-electron chi connectivity index (χ0n) is 6.86. The molecule has 0 amide bonds. The highest BCUT2D eigenvalue weighted by Crippen LogP contribution is 2.22. The molecule has 1 rings (SSSR count). The van der Waals surface area contributed by atoms with Crippen molar-refractivity contribution in [2.45, 2.75) is 0 Å². The van der Waals surface area contributed by atoms with Crippen LogP contribution in [0.4, 0.5) is 5.69 Å². The maximum Gasteiger partial charge on any atom is 0.281 e. The Kier molecular flexibility index (Phi) is 4.33. The van der Waals surface area contributed by atoms with Gasteiger partial charge in [0.1, 0.15) is 5.84 Å². The highest BCUT2D eigenvalue weighted by molar-refractivity contribution is 6.31. The Morgan fingerprint density at radius 3 is 2.57 bits per heavy atom. The van der Waals surface area contributed by atoms with Gasteiger partial charge in [-0.05, 0) is 12.1 Å². The summed E-state index contributed by atoms with van der Waals surface area (Å²) in [6.07, 6.45) is 0. The van der Waals surface area contributed by atoms with Crippen LogP contribution in [0.3, 0.4) is 0 Å². The molecule has 0 unspecified atom stereocenters. The van der Waals surface area contributed by atoms with E-state index in [-0.39, 0.29) is 34.5 Å². The van der Waals surface area contributed by atoms with Gasteiger partial charge in [-0.2, -0.15) is 0 Å². The zero-order valence-corrected chi connectivity index (χ0v) is 8.43. The van der Waals surface area contributed by atoms with Gasteiger partial charge < -0.3 is 5.73 Å². The minimum absolute atomic E-state index is 0. The molecule has 3 N–H and O–H groups in total. The summed E-state index contributed by atoms with van der Waals surface area (Å²) in [6.45, 7) is 0. The monoisotopic (exact) mass is 235 g/mol. The molecular weight excluding hydrogens is 229 g/mol. The molecule has 0 aliphatic carbocycles. The van der Waals surface area contributed by atoms with E-state index >= 15 is 0 Å². The smallest absolute Gasteiger partial charge is 0.281 e. The van der Waals surface area contributed by atoms with Crippen LogP contribution in [0.15, 0.2) is 18.2 Å². The van der Waals surface area contributed by atoms with Crippen molar-refractivity contribution in [2.24, 2.45) is 5.73 Å². The molecule has 0 bridgehead atoms. The third-order valence-corrected chi connectivity index (χ3v) is 1.68. The standard InChI is InChI=1S/C7H6ClN3O2.ClH/c8-4-1-2-5(7(9)10)6(3-4)11(12)13;/h1-3H,(H3,9,10);1H. The van der Waals surface area contributed by atoms with E-state index in [1.165, 1.54) is 12.1 Å². The molecule has 0 saturated heterocycles. The third kappa shape index (κ3) is 2.58. The minimum atomic E-state index is -0.622. The largest absolute Gasteiger partial charge is 0.383 e. The van der Waals surface area contributed by atoms with E-state index in [1.54, 1.807) is 0 Å². The number of rotatable bonds is 2. The number of nitrogens with one attached hydrogen (secondary N) is 1. The topological polar surface area (TPSA) is 93.0 Å². The molecule has 0 atom stereocenters. The molecule has 0 aliphatic rings. The van der Waals surface area contributed by atoms with Crippen molar-refractivity contribution < 1.29 is 4.92 Å². The molecule has 76 valence electrons. The minimum Gasteiger partial charge on any atom is -0.383 e. The second kappa shape index (κ2) is 4.78. The van der Waals surface area contributed by atoms with Crippen molar-refractivity contribution >= 4 is 35.5 Å². The first-order valence-electron chi connectivity index (χ1n) is 3.30. The molecule has 1 aromatic carbocycles. The molecule has 0 spiro atoms. The van der Waals surface area contributed by atoms with E-state index in [0.717, 1.165) is 6.07 Å². The normalized spacial score (nSPS) is 8.93. The number of halogens is 2. The Morgan fingerprint density at radius 2 is 2.14 bits per heavy atom. The fourth-order valence-electron chi connectivity index (χ4n) is 0.884. The molecule has 14 heavy (non-hydrogen) atoms. The van der Waals surface area contributed by atoms with Crippen molar-refractivity contribution in [1.29, 1.82) is 5.41 Å². The van der Waals surface area contributed by atoms with Crippen LogP contribution in [0.5, 0.6) is 0 Å². The number of hydrogen-bond donors (Lipinski definition) is 2. The molecular formula is C7H7Cl2N3O2. The molecule has 0 aliphatic heterocycles. The van der Waals surface area contributed by atoms with Crippen molar-refractivity contribution in [3.63, 3.8) is 0 Å². The number of hydrogen-bond acceptors (Lipinski definition) is 3. The SMILES string of the molecule is Cl.N=C(N)c1ccc(Cl)cc1[N+](=O)[O-]. The van der Waals surface area contributed by atoms with Crippen LogP contribution in [0.25, 0.3) is 0 Å². The highest BCUT2D eigenvalue weighted by Gasteiger charge is 2.15. The first-order valence-corrected chi connectivity index (χ1v) is 3.68. The van der Waals surface area contributed by atoms with E-state index in [9.17, 15) is 10.1 Å². The lowest BCUT2D eigenvalue weighted by Crippen LogP contribution is -2.13. The second-order valence-electron chi connectivity index (χ2n) is 2.33. The van der Waals surface area contributed by atoms with Gasteiger partial charge in [0, 0.05) is 11.1 Å². The van der Waals surface area contributed by atoms with Crippen LogP contribution in [0.1, 0.15) is 5.56 Å². The van der Waals surface area contributed by atoms with Gasteiger partial charge in [0.25, 0.3) is 5.69 Å². The summed E-state index contributed by atoms with van der Waals surface area (Å²) >= 11 is 5.55. The van der Waals surface area contributed by atoms with Gasteiger partial charge in [0.05, 0.1) is 10.5 Å². The predicted molar refractivity (Wildman–Crippen MR) is 56.4 cm³/mol. The van der Waals surface area contributed by atoms with Gasteiger partial charge in [-0.25, -0.2) is 0 Å². The number of nitrogen functional groups attached to an aromatic ring is 1. The van der Waals surface area contributed by atoms with E-state index in [2.05, 4.69) is 0 Å². The van der Waals surface area contributed by atoms with Crippen LogP contribution in [-0.2, 0) is 0 Å². The Balaban J connectivity index is 0.00000169. The Labute approximate surface area is 90.9 Å². The Bertz CT molecular complexity index is 381. The molecule has 0 aromatic heterocycles. The quantitative estimate of drug-likeness (QED) is 0.355. The first-order chi connectivity index (χ1) is 6.02. The Morgan fingerprint density at radius 1 is 1.57 bits per heavy atom. The molecule has 0 fully saturated rings. The van der Waals surface area contributed by atoms with Crippen molar-refractivity contribution in [2.75, 3.05) is 0 Å². The zero-order chi connectivity index (χ0) is 10.0. The fraction of sp³-hybridized carbons (Fsp3) is 0. The van der Waals surface area contributed by atoms with Gasteiger partial charge in [0.15, 0.2) is 0 Å². The number of amidine groups is 1. The van der Waals surface area contributed by atoms with E-state index in [1.807, 2.05) is 0 Å². The van der Waals surface area contributed by atoms with Gasteiger partial charge in [-0.1, -0.05) is 11.6 Å². The molecule has 5 nitrogen and oxygen atoms in total. The summed E-state index contributed by atoms with van der Waals surface area (Å²) in [4.78, 5) is 9.85. The van der Waals surface area contributed by atoms with Crippen LogP contribution in [0.2, 0.25) is 5.02 Å². The first kappa shape index (κ1) is 12.7. The summed E-state index contributed by atoms with van der Waals surface area (Å²) in [6, 6.07) is 3.96. The lowest BCUT2D eigenvalue weighted by atomic mass is 10.1. The maximum atomic E-state index is 10.5.